The first-order chi connectivity index (χ1) is 26.8. The summed E-state index contributed by atoms with van der Waals surface area (Å²) in [5, 5.41) is 7.44. The number of rotatable bonds is 6. The second-order valence-electron chi connectivity index (χ2n) is 13.6. The Kier molecular flexibility index (Phi) is 7.81. The Balaban J connectivity index is 1.11. The molecule has 0 radical (unpaired) electrons. The first-order valence-corrected chi connectivity index (χ1v) is 18.3. The SMILES string of the molecule is c1ccc(-c2ccc(-c3ccccc3-c3nc(-c4ccccc4)nc(-c4ccc(-c5c6ccccc6cc6ccc7ccccc7c56)cc4)n3)cc2)cc1. The average Bonchev–Trinajstić information content (AvgIpc) is 3.26. The van der Waals surface area contributed by atoms with Crippen LogP contribution in [-0.2, 0) is 0 Å². The van der Waals surface area contributed by atoms with Gasteiger partial charge in [-0.2, -0.15) is 0 Å². The van der Waals surface area contributed by atoms with Crippen molar-refractivity contribution in [2.45, 2.75) is 0 Å². The highest BCUT2D eigenvalue weighted by Crippen LogP contribution is 2.41. The Morgan fingerprint density at radius 1 is 0.259 bits per heavy atom. The molecule has 54 heavy (non-hydrogen) atoms. The molecule has 1 aromatic heterocycles. The van der Waals surface area contributed by atoms with E-state index in [2.05, 4.69) is 176 Å². The van der Waals surface area contributed by atoms with E-state index in [1.807, 2.05) is 24.3 Å². The second-order valence-corrected chi connectivity index (χ2v) is 13.6. The summed E-state index contributed by atoms with van der Waals surface area (Å²) in [6.07, 6.45) is 0. The van der Waals surface area contributed by atoms with E-state index in [0.717, 1.165) is 33.4 Å². The van der Waals surface area contributed by atoms with Gasteiger partial charge in [0.15, 0.2) is 17.5 Å². The molecule has 3 nitrogen and oxygen atoms in total. The van der Waals surface area contributed by atoms with Crippen molar-refractivity contribution in [3.05, 3.63) is 200 Å². The van der Waals surface area contributed by atoms with E-state index < -0.39 is 0 Å². The first-order valence-electron chi connectivity index (χ1n) is 18.3. The van der Waals surface area contributed by atoms with Crippen LogP contribution < -0.4 is 0 Å². The van der Waals surface area contributed by atoms with Gasteiger partial charge < -0.3 is 0 Å². The van der Waals surface area contributed by atoms with Gasteiger partial charge >= 0.3 is 0 Å². The van der Waals surface area contributed by atoms with E-state index >= 15 is 0 Å². The molecular weight excluding hydrogens is 655 g/mol. The summed E-state index contributed by atoms with van der Waals surface area (Å²) in [5.74, 6) is 1.91. The highest BCUT2D eigenvalue weighted by Gasteiger charge is 2.17. The molecule has 0 atom stereocenters. The Hall–Kier alpha value is -7.23. The van der Waals surface area contributed by atoms with E-state index in [9.17, 15) is 0 Å². The molecule has 252 valence electrons. The molecule has 0 spiro atoms. The highest BCUT2D eigenvalue weighted by atomic mass is 15.0. The molecule has 0 aliphatic heterocycles. The highest BCUT2D eigenvalue weighted by molar-refractivity contribution is 6.21. The number of hydrogen-bond acceptors (Lipinski definition) is 3. The van der Waals surface area contributed by atoms with Gasteiger partial charge in [-0.3, -0.25) is 0 Å². The summed E-state index contributed by atoms with van der Waals surface area (Å²) in [7, 11) is 0. The van der Waals surface area contributed by atoms with Crippen molar-refractivity contribution in [2.24, 2.45) is 0 Å². The molecule has 0 unspecified atom stereocenters. The van der Waals surface area contributed by atoms with Crippen molar-refractivity contribution in [3.63, 3.8) is 0 Å². The van der Waals surface area contributed by atoms with E-state index in [-0.39, 0.29) is 0 Å². The molecule has 0 aliphatic carbocycles. The van der Waals surface area contributed by atoms with Crippen LogP contribution in [0.4, 0.5) is 0 Å². The van der Waals surface area contributed by atoms with Gasteiger partial charge in [0.25, 0.3) is 0 Å². The van der Waals surface area contributed by atoms with Crippen molar-refractivity contribution in [1.82, 2.24) is 15.0 Å². The predicted molar refractivity (Wildman–Crippen MR) is 225 cm³/mol. The number of hydrogen-bond donors (Lipinski definition) is 0. The predicted octanol–water partition coefficient (Wildman–Crippen LogP) is 13.3. The van der Waals surface area contributed by atoms with Gasteiger partial charge in [0, 0.05) is 16.7 Å². The second kappa shape index (κ2) is 13.4. The van der Waals surface area contributed by atoms with Crippen molar-refractivity contribution >= 4 is 32.3 Å². The van der Waals surface area contributed by atoms with Crippen LogP contribution in [0.15, 0.2) is 200 Å². The van der Waals surface area contributed by atoms with Crippen molar-refractivity contribution in [2.75, 3.05) is 0 Å². The van der Waals surface area contributed by atoms with Gasteiger partial charge in [0.1, 0.15) is 0 Å². The Bertz CT molecular complexity index is 2950. The van der Waals surface area contributed by atoms with Crippen LogP contribution in [0.3, 0.4) is 0 Å². The zero-order chi connectivity index (χ0) is 35.8. The summed E-state index contributed by atoms with van der Waals surface area (Å²) < 4.78 is 0. The molecule has 3 heteroatoms. The molecule has 10 aromatic rings. The van der Waals surface area contributed by atoms with Gasteiger partial charge in [0.05, 0.1) is 0 Å². The molecule has 0 bridgehead atoms. The molecule has 0 N–H and O–H groups in total. The quantitative estimate of drug-likeness (QED) is 0.129. The van der Waals surface area contributed by atoms with E-state index in [4.69, 9.17) is 15.0 Å². The summed E-state index contributed by atoms with van der Waals surface area (Å²) in [5.41, 5.74) is 9.76. The lowest BCUT2D eigenvalue weighted by atomic mass is 9.89. The van der Waals surface area contributed by atoms with Crippen LogP contribution in [0.1, 0.15) is 0 Å². The van der Waals surface area contributed by atoms with Gasteiger partial charge in [-0.25, -0.2) is 15.0 Å². The topological polar surface area (TPSA) is 38.7 Å². The molecule has 9 aromatic carbocycles. The van der Waals surface area contributed by atoms with Crippen LogP contribution in [0.25, 0.3) is 99.9 Å². The lowest BCUT2D eigenvalue weighted by molar-refractivity contribution is 1.07. The number of aromatic nitrogens is 3. The maximum atomic E-state index is 5.17. The number of benzene rings is 9. The van der Waals surface area contributed by atoms with Crippen LogP contribution in [-0.4, -0.2) is 15.0 Å². The normalized spacial score (nSPS) is 11.3. The lowest BCUT2D eigenvalue weighted by Crippen LogP contribution is -2.01. The standard InChI is InChI=1S/C51H33N3/c1-3-13-34(14-4-1)35-23-25-37(26-24-35)43-19-11-12-22-46(43)51-53-49(39-16-5-2-6-17-39)52-50(54-51)40-30-28-38(29-31-40)47-45-21-10-8-18-41(45)33-42-32-27-36-15-7-9-20-44(36)48(42)47/h1-33H. The van der Waals surface area contributed by atoms with E-state index in [1.165, 1.54) is 49.0 Å². The molecule has 0 saturated heterocycles. The summed E-state index contributed by atoms with van der Waals surface area (Å²) in [6.45, 7) is 0. The van der Waals surface area contributed by atoms with Crippen molar-refractivity contribution in [3.8, 4) is 67.5 Å². The molecule has 10 rings (SSSR count). The molecule has 0 fully saturated rings. The summed E-state index contributed by atoms with van der Waals surface area (Å²) >= 11 is 0. The Morgan fingerprint density at radius 3 is 1.44 bits per heavy atom. The van der Waals surface area contributed by atoms with Gasteiger partial charge in [-0.1, -0.05) is 194 Å². The smallest absolute Gasteiger partial charge is 0.164 e. The van der Waals surface area contributed by atoms with Crippen molar-refractivity contribution < 1.29 is 0 Å². The fraction of sp³-hybridized carbons (Fsp3) is 0. The Labute approximate surface area is 313 Å². The largest absolute Gasteiger partial charge is 0.208 e. The minimum Gasteiger partial charge on any atom is -0.208 e. The first kappa shape index (κ1) is 31.5. The van der Waals surface area contributed by atoms with E-state index in [1.54, 1.807) is 0 Å². The summed E-state index contributed by atoms with van der Waals surface area (Å²) in [4.78, 5) is 15.3. The molecule has 1 heterocycles. The third kappa shape index (κ3) is 5.69. The minimum atomic E-state index is 0.632. The van der Waals surface area contributed by atoms with Crippen LogP contribution in [0, 0.1) is 0 Å². The molecular formula is C51H33N3. The van der Waals surface area contributed by atoms with Gasteiger partial charge in [-0.15, -0.1) is 0 Å². The third-order valence-electron chi connectivity index (χ3n) is 10.3. The van der Waals surface area contributed by atoms with Gasteiger partial charge in [-0.05, 0) is 71.8 Å². The van der Waals surface area contributed by atoms with Crippen molar-refractivity contribution in [1.29, 1.82) is 0 Å². The number of nitrogens with zero attached hydrogens (tertiary/aromatic N) is 3. The third-order valence-corrected chi connectivity index (χ3v) is 10.3. The van der Waals surface area contributed by atoms with Crippen LogP contribution in [0.5, 0.6) is 0 Å². The van der Waals surface area contributed by atoms with Gasteiger partial charge in [0.2, 0.25) is 0 Å². The van der Waals surface area contributed by atoms with Crippen LogP contribution in [0.2, 0.25) is 0 Å². The number of fused-ring (bicyclic) bond motifs is 4. The molecule has 0 aliphatic rings. The average molecular weight is 688 g/mol. The maximum Gasteiger partial charge on any atom is 0.164 e. The fourth-order valence-electron chi connectivity index (χ4n) is 7.67. The molecule has 0 amide bonds. The monoisotopic (exact) mass is 687 g/mol. The lowest BCUT2D eigenvalue weighted by Gasteiger charge is -2.15. The molecule has 0 saturated carbocycles. The van der Waals surface area contributed by atoms with Crippen LogP contribution >= 0.6 is 0 Å². The minimum absolute atomic E-state index is 0.632. The summed E-state index contributed by atoms with van der Waals surface area (Å²) in [6, 6.07) is 70.6. The Morgan fingerprint density at radius 2 is 0.722 bits per heavy atom. The zero-order valence-corrected chi connectivity index (χ0v) is 29.4. The van der Waals surface area contributed by atoms with E-state index in [0.29, 0.717) is 17.5 Å². The zero-order valence-electron chi connectivity index (χ0n) is 29.4. The fourth-order valence-corrected chi connectivity index (χ4v) is 7.67. The maximum absolute atomic E-state index is 5.17.